The van der Waals surface area contributed by atoms with Gasteiger partial charge in [0.25, 0.3) is 0 Å². The minimum Gasteiger partial charge on any atom is -0.481 e. The van der Waals surface area contributed by atoms with Crippen molar-refractivity contribution in [3.63, 3.8) is 0 Å². The van der Waals surface area contributed by atoms with Crippen LogP contribution >= 0.6 is 0 Å². The van der Waals surface area contributed by atoms with Gasteiger partial charge in [-0.25, -0.2) is 4.79 Å². The van der Waals surface area contributed by atoms with E-state index in [1.807, 2.05) is 6.07 Å². The summed E-state index contributed by atoms with van der Waals surface area (Å²) >= 11 is 0. The highest BCUT2D eigenvalue weighted by molar-refractivity contribution is 5.94. The number of carbonyl (C=O) groups excluding carboxylic acids is 3. The van der Waals surface area contributed by atoms with E-state index in [0.29, 0.717) is 6.42 Å². The number of guanidine groups is 1. The van der Waals surface area contributed by atoms with Gasteiger partial charge in [-0.05, 0) is 44.1 Å². The first-order chi connectivity index (χ1) is 18.5. The van der Waals surface area contributed by atoms with E-state index in [1.54, 1.807) is 24.3 Å². The fourth-order valence-electron chi connectivity index (χ4n) is 4.30. The van der Waals surface area contributed by atoms with Crippen molar-refractivity contribution >= 4 is 35.6 Å². The number of amides is 3. The van der Waals surface area contributed by atoms with Crippen LogP contribution in [0.25, 0.3) is 0 Å². The third-order valence-electron chi connectivity index (χ3n) is 6.30. The first kappa shape index (κ1) is 31.0. The Labute approximate surface area is 226 Å². The number of aliphatic carboxylic acids is 2. The lowest BCUT2D eigenvalue weighted by Gasteiger charge is -2.29. The fourth-order valence-corrected chi connectivity index (χ4v) is 4.30. The van der Waals surface area contributed by atoms with Crippen molar-refractivity contribution < 1.29 is 34.2 Å². The van der Waals surface area contributed by atoms with Crippen LogP contribution in [-0.2, 0) is 30.4 Å². The Morgan fingerprint density at radius 2 is 1.67 bits per heavy atom. The summed E-state index contributed by atoms with van der Waals surface area (Å²) in [6.07, 6.45) is 0.660. The van der Waals surface area contributed by atoms with Gasteiger partial charge in [0, 0.05) is 19.5 Å². The lowest BCUT2D eigenvalue weighted by atomic mass is 10.0. The van der Waals surface area contributed by atoms with Gasteiger partial charge in [0.15, 0.2) is 5.96 Å². The van der Waals surface area contributed by atoms with Crippen molar-refractivity contribution in [3.05, 3.63) is 35.9 Å². The SMILES string of the molecule is NC(N)=NCCCC(NC(=O)C(CCC(=O)O)NC(=O)C(N)Cc1ccccc1)C(=O)N1CCCC1C(=O)O. The zero-order valence-corrected chi connectivity index (χ0v) is 21.6. The quantitative estimate of drug-likeness (QED) is 0.0762. The molecular formula is C25H37N7O7. The molecule has 3 amide bonds. The van der Waals surface area contributed by atoms with Crippen LogP contribution in [0.1, 0.15) is 44.1 Å². The number of hydrogen-bond acceptors (Lipinski definition) is 7. The van der Waals surface area contributed by atoms with Crippen molar-refractivity contribution in [3.8, 4) is 0 Å². The molecule has 4 atom stereocenters. The summed E-state index contributed by atoms with van der Waals surface area (Å²) < 4.78 is 0. The first-order valence-corrected chi connectivity index (χ1v) is 12.7. The Kier molecular flexibility index (Phi) is 12.1. The normalized spacial score (nSPS) is 16.9. The molecular weight excluding hydrogens is 510 g/mol. The Morgan fingerprint density at radius 1 is 1.00 bits per heavy atom. The molecule has 0 saturated carbocycles. The van der Waals surface area contributed by atoms with Crippen LogP contribution in [0.4, 0.5) is 0 Å². The summed E-state index contributed by atoms with van der Waals surface area (Å²) in [5, 5.41) is 23.7. The topological polar surface area (TPSA) is 244 Å². The Morgan fingerprint density at radius 3 is 2.28 bits per heavy atom. The number of carboxylic acid groups (broad SMARTS) is 2. The van der Waals surface area contributed by atoms with E-state index in [9.17, 15) is 29.1 Å². The third kappa shape index (κ3) is 10.2. The van der Waals surface area contributed by atoms with Gasteiger partial charge in [-0.2, -0.15) is 0 Å². The molecule has 0 aromatic heterocycles. The summed E-state index contributed by atoms with van der Waals surface area (Å²) in [4.78, 5) is 67.2. The summed E-state index contributed by atoms with van der Waals surface area (Å²) in [6, 6.07) is 4.53. The second kappa shape index (κ2) is 15.3. The van der Waals surface area contributed by atoms with Crippen molar-refractivity contribution in [2.45, 2.75) is 69.1 Å². The summed E-state index contributed by atoms with van der Waals surface area (Å²) in [5.74, 6) is -4.52. The number of rotatable bonds is 15. The van der Waals surface area contributed by atoms with Gasteiger partial charge in [0.05, 0.1) is 6.04 Å². The molecule has 214 valence electrons. The van der Waals surface area contributed by atoms with Crippen molar-refractivity contribution in [1.82, 2.24) is 15.5 Å². The predicted octanol–water partition coefficient (Wildman–Crippen LogP) is -1.48. The number of aliphatic imine (C=N–C) groups is 1. The van der Waals surface area contributed by atoms with Gasteiger partial charge in [-0.3, -0.25) is 24.2 Å². The second-order valence-electron chi connectivity index (χ2n) is 9.33. The standard InChI is InChI=1S/C25H37N7O7/c26-16(14-15-6-2-1-3-7-15)21(35)30-17(10-11-20(33)34)22(36)31-18(8-4-12-29-25(27)28)23(37)32-13-5-9-19(32)24(38)39/h1-3,6-7,16-19H,4-5,8-14,26H2,(H,30,35)(H,31,36)(H,33,34)(H,38,39)(H4,27,28,29). The minimum absolute atomic E-state index is 0.0807. The maximum Gasteiger partial charge on any atom is 0.326 e. The first-order valence-electron chi connectivity index (χ1n) is 12.7. The number of benzene rings is 1. The summed E-state index contributed by atoms with van der Waals surface area (Å²) in [7, 11) is 0. The largest absolute Gasteiger partial charge is 0.481 e. The van der Waals surface area contributed by atoms with E-state index in [2.05, 4.69) is 15.6 Å². The van der Waals surface area contributed by atoms with E-state index in [0.717, 1.165) is 5.56 Å². The number of likely N-dealkylation sites (tertiary alicyclic amines) is 1. The molecule has 14 heteroatoms. The molecule has 0 aliphatic carbocycles. The zero-order valence-electron chi connectivity index (χ0n) is 21.6. The average Bonchev–Trinajstić information content (AvgIpc) is 3.38. The summed E-state index contributed by atoms with van der Waals surface area (Å²) in [6.45, 7) is 0.376. The van der Waals surface area contributed by atoms with Crippen LogP contribution in [0.5, 0.6) is 0 Å². The monoisotopic (exact) mass is 547 g/mol. The molecule has 1 fully saturated rings. The van der Waals surface area contributed by atoms with Crippen LogP contribution in [0, 0.1) is 0 Å². The highest BCUT2D eigenvalue weighted by Gasteiger charge is 2.38. The number of carbonyl (C=O) groups is 5. The third-order valence-corrected chi connectivity index (χ3v) is 6.30. The van der Waals surface area contributed by atoms with Gasteiger partial charge < -0.3 is 42.9 Å². The molecule has 0 spiro atoms. The van der Waals surface area contributed by atoms with E-state index in [-0.39, 0.29) is 51.2 Å². The highest BCUT2D eigenvalue weighted by Crippen LogP contribution is 2.20. The molecule has 1 aliphatic heterocycles. The Hall–Kier alpha value is -4.20. The lowest BCUT2D eigenvalue weighted by Crippen LogP contribution is -2.57. The van der Waals surface area contributed by atoms with Crippen molar-refractivity contribution in [2.24, 2.45) is 22.2 Å². The molecule has 4 unspecified atom stereocenters. The number of hydrogen-bond donors (Lipinski definition) is 7. The van der Waals surface area contributed by atoms with Crippen LogP contribution in [0.3, 0.4) is 0 Å². The van der Waals surface area contributed by atoms with Gasteiger partial charge in [-0.1, -0.05) is 30.3 Å². The van der Waals surface area contributed by atoms with Gasteiger partial charge in [0.2, 0.25) is 17.7 Å². The smallest absolute Gasteiger partial charge is 0.326 e. The van der Waals surface area contributed by atoms with Crippen LogP contribution in [0.2, 0.25) is 0 Å². The number of nitrogens with two attached hydrogens (primary N) is 3. The molecule has 14 nitrogen and oxygen atoms in total. The molecule has 1 aliphatic rings. The number of nitrogens with zero attached hydrogens (tertiary/aromatic N) is 2. The van der Waals surface area contributed by atoms with Crippen LogP contribution in [0.15, 0.2) is 35.3 Å². The molecule has 1 aromatic carbocycles. The highest BCUT2D eigenvalue weighted by atomic mass is 16.4. The molecule has 0 bridgehead atoms. The van der Waals surface area contributed by atoms with Crippen molar-refractivity contribution in [2.75, 3.05) is 13.1 Å². The lowest BCUT2D eigenvalue weighted by molar-refractivity contribution is -0.149. The van der Waals surface area contributed by atoms with E-state index >= 15 is 0 Å². The maximum atomic E-state index is 13.3. The van der Waals surface area contributed by atoms with Crippen LogP contribution < -0.4 is 27.8 Å². The average molecular weight is 548 g/mol. The number of nitrogens with one attached hydrogen (secondary N) is 2. The van der Waals surface area contributed by atoms with Gasteiger partial charge in [0.1, 0.15) is 18.1 Å². The molecule has 2 rings (SSSR count). The number of carboxylic acids is 2. The second-order valence-corrected chi connectivity index (χ2v) is 9.33. The molecule has 0 radical (unpaired) electrons. The molecule has 1 aromatic rings. The maximum absolute atomic E-state index is 13.3. The molecule has 39 heavy (non-hydrogen) atoms. The Balaban J connectivity index is 2.17. The van der Waals surface area contributed by atoms with E-state index < -0.39 is 60.2 Å². The van der Waals surface area contributed by atoms with E-state index in [4.69, 9.17) is 22.3 Å². The van der Waals surface area contributed by atoms with E-state index in [1.165, 1.54) is 4.90 Å². The Bertz CT molecular complexity index is 1050. The zero-order chi connectivity index (χ0) is 28.9. The fraction of sp³-hybridized carbons (Fsp3) is 0.520. The van der Waals surface area contributed by atoms with Gasteiger partial charge >= 0.3 is 11.9 Å². The summed E-state index contributed by atoms with van der Waals surface area (Å²) in [5.41, 5.74) is 17.5. The molecule has 10 N–H and O–H groups in total. The van der Waals surface area contributed by atoms with Gasteiger partial charge in [-0.15, -0.1) is 0 Å². The van der Waals surface area contributed by atoms with Crippen LogP contribution in [-0.4, -0.2) is 88.0 Å². The molecule has 1 heterocycles. The predicted molar refractivity (Wildman–Crippen MR) is 141 cm³/mol. The molecule has 1 saturated heterocycles. The minimum atomic E-state index is -1.29. The van der Waals surface area contributed by atoms with Crippen molar-refractivity contribution in [1.29, 1.82) is 0 Å².